The van der Waals surface area contributed by atoms with Gasteiger partial charge in [0, 0.05) is 0 Å². The molecule has 0 aromatic heterocycles. The second-order valence-corrected chi connectivity index (χ2v) is 3.14. The smallest absolute Gasteiger partial charge is 0.376 e. The number of aliphatic hydroxyl groups is 1. The first kappa shape index (κ1) is 13.8. The Morgan fingerprint density at radius 2 is 1.60 bits per heavy atom. The van der Waals surface area contributed by atoms with Crippen molar-refractivity contribution in [3.05, 3.63) is 0 Å². The molecule has 0 rings (SSSR count). The third-order valence-electron chi connectivity index (χ3n) is 1.68. The standard InChI is InChI=1S/C8H12F2O5/c1-7(13,5(11)14-2)4-8(9,10)6(12)15-3/h13H,4H2,1-3H3. The number of halogens is 2. The summed E-state index contributed by atoms with van der Waals surface area (Å²) in [5.41, 5.74) is -2.44. The lowest BCUT2D eigenvalue weighted by molar-refractivity contribution is -0.185. The summed E-state index contributed by atoms with van der Waals surface area (Å²) in [6.45, 7) is 0.829. The van der Waals surface area contributed by atoms with Gasteiger partial charge < -0.3 is 14.6 Å². The molecule has 0 amide bonds. The van der Waals surface area contributed by atoms with Gasteiger partial charge in [0.25, 0.3) is 0 Å². The number of hydrogen-bond acceptors (Lipinski definition) is 5. The van der Waals surface area contributed by atoms with Crippen LogP contribution in [0, 0.1) is 0 Å². The monoisotopic (exact) mass is 226 g/mol. The van der Waals surface area contributed by atoms with E-state index in [0.29, 0.717) is 0 Å². The fourth-order valence-electron chi connectivity index (χ4n) is 0.946. The van der Waals surface area contributed by atoms with Crippen molar-refractivity contribution in [3.63, 3.8) is 0 Å². The fourth-order valence-corrected chi connectivity index (χ4v) is 0.946. The molecule has 15 heavy (non-hydrogen) atoms. The van der Waals surface area contributed by atoms with E-state index < -0.39 is 29.9 Å². The summed E-state index contributed by atoms with van der Waals surface area (Å²) in [7, 11) is 1.72. The predicted molar refractivity (Wildman–Crippen MR) is 44.2 cm³/mol. The first-order valence-electron chi connectivity index (χ1n) is 3.94. The van der Waals surface area contributed by atoms with Gasteiger partial charge in [-0.05, 0) is 6.92 Å². The summed E-state index contributed by atoms with van der Waals surface area (Å²) in [4.78, 5) is 21.5. The number of hydrogen-bond donors (Lipinski definition) is 1. The fraction of sp³-hybridized carbons (Fsp3) is 0.750. The van der Waals surface area contributed by atoms with Gasteiger partial charge in [-0.25, -0.2) is 9.59 Å². The minimum atomic E-state index is -3.94. The molecule has 0 aromatic rings. The molecule has 0 aliphatic rings. The van der Waals surface area contributed by atoms with Crippen LogP contribution in [0.4, 0.5) is 8.78 Å². The van der Waals surface area contributed by atoms with E-state index in [1.54, 1.807) is 0 Å². The third kappa shape index (κ3) is 3.43. The van der Waals surface area contributed by atoms with Crippen LogP contribution in [-0.2, 0) is 19.1 Å². The van der Waals surface area contributed by atoms with Gasteiger partial charge in [0.1, 0.15) is 0 Å². The molecule has 0 saturated carbocycles. The minimum absolute atomic E-state index is 0.781. The van der Waals surface area contributed by atoms with Gasteiger partial charge in [-0.3, -0.25) is 0 Å². The molecule has 0 bridgehead atoms. The summed E-state index contributed by atoms with van der Waals surface area (Å²) in [6, 6.07) is 0. The average Bonchev–Trinajstić information content (AvgIpc) is 2.13. The molecule has 0 heterocycles. The van der Waals surface area contributed by atoms with Crippen molar-refractivity contribution >= 4 is 11.9 Å². The van der Waals surface area contributed by atoms with E-state index >= 15 is 0 Å². The normalized spacial score (nSPS) is 15.3. The Bertz CT molecular complexity index is 236. The molecule has 88 valence electrons. The maximum atomic E-state index is 13.0. The van der Waals surface area contributed by atoms with E-state index in [1.165, 1.54) is 0 Å². The molecule has 5 nitrogen and oxygen atoms in total. The van der Waals surface area contributed by atoms with Crippen molar-refractivity contribution in [1.82, 2.24) is 0 Å². The Morgan fingerprint density at radius 3 is 1.93 bits per heavy atom. The van der Waals surface area contributed by atoms with Crippen molar-refractivity contribution in [3.8, 4) is 0 Å². The molecule has 0 radical (unpaired) electrons. The van der Waals surface area contributed by atoms with Crippen LogP contribution in [0.3, 0.4) is 0 Å². The van der Waals surface area contributed by atoms with Crippen LogP contribution in [0.15, 0.2) is 0 Å². The van der Waals surface area contributed by atoms with Crippen molar-refractivity contribution in [2.75, 3.05) is 14.2 Å². The molecule has 1 atom stereocenters. The summed E-state index contributed by atoms with van der Waals surface area (Å²) in [5.74, 6) is -7.00. The van der Waals surface area contributed by atoms with Crippen molar-refractivity contribution in [2.24, 2.45) is 0 Å². The van der Waals surface area contributed by atoms with Crippen molar-refractivity contribution < 1.29 is 33.0 Å². The molecule has 0 aliphatic heterocycles. The summed E-state index contributed by atoms with van der Waals surface area (Å²) >= 11 is 0. The zero-order valence-electron chi connectivity index (χ0n) is 8.54. The Balaban J connectivity index is 4.71. The molecule has 0 spiro atoms. The van der Waals surface area contributed by atoms with Gasteiger partial charge in [0.05, 0.1) is 20.6 Å². The number of esters is 2. The van der Waals surface area contributed by atoms with Crippen LogP contribution >= 0.6 is 0 Å². The maximum Gasteiger partial charge on any atom is 0.376 e. The summed E-state index contributed by atoms with van der Waals surface area (Å²) < 4.78 is 33.9. The van der Waals surface area contributed by atoms with E-state index in [4.69, 9.17) is 0 Å². The SMILES string of the molecule is COC(=O)C(C)(O)CC(F)(F)C(=O)OC. The van der Waals surface area contributed by atoms with E-state index in [1.807, 2.05) is 0 Å². The molecule has 0 aliphatic carbocycles. The van der Waals surface area contributed by atoms with Crippen LogP contribution in [0.5, 0.6) is 0 Å². The highest BCUT2D eigenvalue weighted by Crippen LogP contribution is 2.28. The van der Waals surface area contributed by atoms with Crippen LogP contribution in [-0.4, -0.2) is 42.8 Å². The second kappa shape index (κ2) is 4.52. The van der Waals surface area contributed by atoms with E-state index in [0.717, 1.165) is 21.1 Å². The summed E-state index contributed by atoms with van der Waals surface area (Å²) in [5, 5.41) is 9.30. The van der Waals surface area contributed by atoms with Crippen LogP contribution < -0.4 is 0 Å². The first-order valence-corrected chi connectivity index (χ1v) is 3.94. The number of ether oxygens (including phenoxy) is 2. The Hall–Kier alpha value is -1.24. The highest BCUT2D eigenvalue weighted by atomic mass is 19.3. The van der Waals surface area contributed by atoms with Gasteiger partial charge in [0.2, 0.25) is 0 Å². The van der Waals surface area contributed by atoms with Crippen LogP contribution in [0.25, 0.3) is 0 Å². The largest absolute Gasteiger partial charge is 0.467 e. The number of carbonyl (C=O) groups is 2. The number of alkyl halides is 2. The first-order chi connectivity index (χ1) is 6.67. The lowest BCUT2D eigenvalue weighted by Crippen LogP contribution is -2.45. The molecule has 1 unspecified atom stereocenters. The van der Waals surface area contributed by atoms with E-state index in [-0.39, 0.29) is 0 Å². The highest BCUT2D eigenvalue weighted by molar-refractivity contribution is 5.82. The van der Waals surface area contributed by atoms with Crippen LogP contribution in [0.1, 0.15) is 13.3 Å². The van der Waals surface area contributed by atoms with E-state index in [2.05, 4.69) is 9.47 Å². The quantitative estimate of drug-likeness (QED) is 0.689. The highest BCUT2D eigenvalue weighted by Gasteiger charge is 2.49. The Morgan fingerprint density at radius 1 is 1.20 bits per heavy atom. The van der Waals surface area contributed by atoms with Crippen LogP contribution in [0.2, 0.25) is 0 Å². The minimum Gasteiger partial charge on any atom is -0.467 e. The second-order valence-electron chi connectivity index (χ2n) is 3.14. The van der Waals surface area contributed by atoms with Gasteiger partial charge >= 0.3 is 17.9 Å². The molecular formula is C8H12F2O5. The van der Waals surface area contributed by atoms with Crippen molar-refractivity contribution in [2.45, 2.75) is 24.9 Å². The number of methoxy groups -OCH3 is 2. The lowest BCUT2D eigenvalue weighted by atomic mass is 9.98. The lowest BCUT2D eigenvalue weighted by Gasteiger charge is -2.24. The number of carbonyl (C=O) groups excluding carboxylic acids is 2. The Kier molecular flexibility index (Phi) is 4.15. The molecule has 0 saturated heterocycles. The zero-order chi connectivity index (χ0) is 12.3. The molecule has 0 fully saturated rings. The molecule has 1 N–H and O–H groups in total. The summed E-state index contributed by atoms with van der Waals surface area (Å²) in [6.07, 6.45) is -1.39. The Labute approximate surface area is 85.0 Å². The van der Waals surface area contributed by atoms with Gasteiger partial charge in [-0.15, -0.1) is 0 Å². The average molecular weight is 226 g/mol. The molecular weight excluding hydrogens is 214 g/mol. The molecule has 7 heteroatoms. The van der Waals surface area contributed by atoms with Crippen molar-refractivity contribution in [1.29, 1.82) is 0 Å². The molecule has 0 aromatic carbocycles. The van der Waals surface area contributed by atoms with Gasteiger partial charge in [-0.1, -0.05) is 0 Å². The topological polar surface area (TPSA) is 72.8 Å². The zero-order valence-corrected chi connectivity index (χ0v) is 8.54. The number of rotatable bonds is 4. The third-order valence-corrected chi connectivity index (χ3v) is 1.68. The van der Waals surface area contributed by atoms with Gasteiger partial charge in [-0.2, -0.15) is 8.78 Å². The van der Waals surface area contributed by atoms with E-state index in [9.17, 15) is 23.5 Å². The maximum absolute atomic E-state index is 13.0. The predicted octanol–water partition coefficient (Wildman–Crippen LogP) is 0.109. The van der Waals surface area contributed by atoms with Gasteiger partial charge in [0.15, 0.2) is 5.60 Å².